The molecule has 1 unspecified atom stereocenters. The Bertz CT molecular complexity index is 874. The van der Waals surface area contributed by atoms with Crippen molar-refractivity contribution >= 4 is 22.2 Å². The van der Waals surface area contributed by atoms with Gasteiger partial charge < -0.3 is 14.8 Å². The lowest BCUT2D eigenvalue weighted by molar-refractivity contribution is -0.116. The maximum atomic E-state index is 12.3. The monoisotopic (exact) mass is 383 g/mol. The summed E-state index contributed by atoms with van der Waals surface area (Å²) in [7, 11) is 0. The highest BCUT2D eigenvalue weighted by molar-refractivity contribution is 7.14. The molecule has 3 heterocycles. The Morgan fingerprint density at radius 2 is 2.15 bits per heavy atom. The fraction of sp³-hybridized carbons (Fsp3) is 0.400. The van der Waals surface area contributed by atoms with Gasteiger partial charge in [0.05, 0.1) is 5.56 Å². The predicted molar refractivity (Wildman–Crippen MR) is 103 cm³/mol. The molecule has 1 fully saturated rings. The molecule has 2 aliphatic heterocycles. The molecule has 4 rings (SSSR count). The first-order valence-corrected chi connectivity index (χ1v) is 10.0. The number of amides is 1. The van der Waals surface area contributed by atoms with Gasteiger partial charge in [-0.2, -0.15) is 5.26 Å². The molecule has 140 valence electrons. The molecule has 1 aromatic heterocycles. The Kier molecular flexibility index (Phi) is 5.28. The minimum atomic E-state index is -0.0539. The number of nitriles is 1. The van der Waals surface area contributed by atoms with Crippen LogP contribution >= 0.6 is 11.3 Å². The van der Waals surface area contributed by atoms with E-state index in [9.17, 15) is 4.79 Å². The van der Waals surface area contributed by atoms with Crippen LogP contribution in [-0.4, -0.2) is 37.1 Å². The van der Waals surface area contributed by atoms with Gasteiger partial charge in [-0.25, -0.2) is 0 Å². The average molecular weight is 383 g/mol. The summed E-state index contributed by atoms with van der Waals surface area (Å²) in [6, 6.07) is 10.3. The normalized spacial score (nSPS) is 18.9. The van der Waals surface area contributed by atoms with Gasteiger partial charge in [0.25, 0.3) is 0 Å². The molecule has 2 aliphatic rings. The Morgan fingerprint density at radius 3 is 3.00 bits per heavy atom. The number of ether oxygens (including phenoxy) is 2. The van der Waals surface area contributed by atoms with Crippen molar-refractivity contribution in [2.75, 3.05) is 31.6 Å². The molecule has 2 aromatic rings. The lowest BCUT2D eigenvalue weighted by Gasteiger charge is -2.26. The van der Waals surface area contributed by atoms with Crippen LogP contribution in [0.5, 0.6) is 11.5 Å². The van der Waals surface area contributed by atoms with E-state index in [1.807, 2.05) is 11.4 Å². The number of nitrogens with one attached hydrogen (secondary N) is 1. The number of hydrogen-bond donors (Lipinski definition) is 1. The number of thiophene rings is 1. The Balaban J connectivity index is 1.37. The summed E-state index contributed by atoms with van der Waals surface area (Å²) in [5.74, 6) is 1.56. The standard InChI is InChI=1S/C20H21N3O3S/c21-13-15-6-11-27-20(15)22-19(24)5-8-23-7-1-2-16(23)14-3-4-17-18(12-14)26-10-9-25-17/h3-4,6,11-12,16H,1-2,5,7-10H2,(H,22,24). The molecule has 27 heavy (non-hydrogen) atoms. The fourth-order valence-corrected chi connectivity index (χ4v) is 4.42. The van der Waals surface area contributed by atoms with E-state index in [-0.39, 0.29) is 5.91 Å². The maximum Gasteiger partial charge on any atom is 0.226 e. The van der Waals surface area contributed by atoms with E-state index >= 15 is 0 Å². The number of anilines is 1. The molecule has 1 amide bonds. The van der Waals surface area contributed by atoms with Crippen molar-refractivity contribution in [1.29, 1.82) is 5.26 Å². The first kappa shape index (κ1) is 17.8. The van der Waals surface area contributed by atoms with Crippen LogP contribution in [0.4, 0.5) is 5.00 Å². The molecule has 1 saturated heterocycles. The van der Waals surface area contributed by atoms with Crippen molar-refractivity contribution in [2.45, 2.75) is 25.3 Å². The smallest absolute Gasteiger partial charge is 0.226 e. The molecule has 0 bridgehead atoms. The Morgan fingerprint density at radius 1 is 1.30 bits per heavy atom. The summed E-state index contributed by atoms with van der Waals surface area (Å²) in [4.78, 5) is 14.6. The number of likely N-dealkylation sites (tertiary alicyclic amines) is 1. The summed E-state index contributed by atoms with van der Waals surface area (Å²) in [6.07, 6.45) is 2.60. The second-order valence-electron chi connectivity index (χ2n) is 6.67. The van der Waals surface area contributed by atoms with Gasteiger partial charge in [-0.1, -0.05) is 6.07 Å². The van der Waals surface area contributed by atoms with Crippen LogP contribution in [0.25, 0.3) is 0 Å². The van der Waals surface area contributed by atoms with Crippen molar-refractivity contribution in [3.8, 4) is 17.6 Å². The fourth-order valence-electron chi connectivity index (χ4n) is 3.67. The van der Waals surface area contributed by atoms with Crippen LogP contribution < -0.4 is 14.8 Å². The lowest BCUT2D eigenvalue weighted by atomic mass is 10.0. The highest BCUT2D eigenvalue weighted by Gasteiger charge is 2.27. The third kappa shape index (κ3) is 3.92. The van der Waals surface area contributed by atoms with Crippen LogP contribution in [0.15, 0.2) is 29.6 Å². The zero-order chi connectivity index (χ0) is 18.6. The number of benzene rings is 1. The van der Waals surface area contributed by atoms with Gasteiger partial charge in [0, 0.05) is 19.0 Å². The molecule has 1 aromatic carbocycles. The second-order valence-corrected chi connectivity index (χ2v) is 7.59. The highest BCUT2D eigenvalue weighted by Crippen LogP contribution is 2.38. The van der Waals surface area contributed by atoms with Crippen molar-refractivity contribution in [3.63, 3.8) is 0 Å². The van der Waals surface area contributed by atoms with Crippen molar-refractivity contribution < 1.29 is 14.3 Å². The zero-order valence-electron chi connectivity index (χ0n) is 14.9. The van der Waals surface area contributed by atoms with E-state index < -0.39 is 0 Å². The van der Waals surface area contributed by atoms with E-state index in [1.165, 1.54) is 16.9 Å². The number of carbonyl (C=O) groups is 1. The minimum absolute atomic E-state index is 0.0539. The van der Waals surface area contributed by atoms with E-state index in [2.05, 4.69) is 28.4 Å². The number of nitrogens with zero attached hydrogens (tertiary/aromatic N) is 2. The lowest BCUT2D eigenvalue weighted by Crippen LogP contribution is -2.28. The Hall–Kier alpha value is -2.56. The van der Waals surface area contributed by atoms with Gasteiger partial charge in [-0.3, -0.25) is 9.69 Å². The van der Waals surface area contributed by atoms with Crippen molar-refractivity contribution in [1.82, 2.24) is 4.90 Å². The molecule has 1 atom stereocenters. The van der Waals surface area contributed by atoms with Crippen LogP contribution in [0.3, 0.4) is 0 Å². The zero-order valence-corrected chi connectivity index (χ0v) is 15.8. The molecule has 0 radical (unpaired) electrons. The molecule has 0 saturated carbocycles. The molecular formula is C20H21N3O3S. The van der Waals surface area contributed by atoms with Gasteiger partial charge in [0.1, 0.15) is 24.3 Å². The van der Waals surface area contributed by atoms with E-state index in [0.717, 1.165) is 30.9 Å². The number of hydrogen-bond acceptors (Lipinski definition) is 6. The third-order valence-corrected chi connectivity index (χ3v) is 5.81. The Labute approximate surface area is 162 Å². The molecule has 1 N–H and O–H groups in total. The third-order valence-electron chi connectivity index (χ3n) is 4.98. The number of rotatable bonds is 5. The molecule has 6 nitrogen and oxygen atoms in total. The van der Waals surface area contributed by atoms with Crippen LogP contribution in [0.2, 0.25) is 0 Å². The predicted octanol–water partition coefficient (Wildman–Crippen LogP) is 3.56. The minimum Gasteiger partial charge on any atom is -0.486 e. The largest absolute Gasteiger partial charge is 0.486 e. The van der Waals surface area contributed by atoms with Crippen molar-refractivity contribution in [3.05, 3.63) is 40.8 Å². The average Bonchev–Trinajstić information content (AvgIpc) is 3.35. The number of fused-ring (bicyclic) bond motifs is 1. The van der Waals surface area contributed by atoms with Crippen LogP contribution in [0.1, 0.15) is 36.4 Å². The summed E-state index contributed by atoms with van der Waals surface area (Å²) in [5.41, 5.74) is 1.73. The molecular weight excluding hydrogens is 362 g/mol. The second kappa shape index (κ2) is 7.99. The van der Waals surface area contributed by atoms with Gasteiger partial charge in [-0.05, 0) is 48.5 Å². The summed E-state index contributed by atoms with van der Waals surface area (Å²) >= 11 is 1.38. The molecule has 0 spiro atoms. The quantitative estimate of drug-likeness (QED) is 0.855. The van der Waals surface area contributed by atoms with Gasteiger partial charge in [0.15, 0.2) is 11.5 Å². The summed E-state index contributed by atoms with van der Waals surface area (Å²) < 4.78 is 11.3. The SMILES string of the molecule is N#Cc1ccsc1NC(=O)CCN1CCCC1c1ccc2c(c1)OCCO2. The summed E-state index contributed by atoms with van der Waals surface area (Å²) in [6.45, 7) is 2.85. The number of carbonyl (C=O) groups excluding carboxylic acids is 1. The maximum absolute atomic E-state index is 12.3. The highest BCUT2D eigenvalue weighted by atomic mass is 32.1. The van der Waals surface area contributed by atoms with E-state index in [4.69, 9.17) is 14.7 Å². The van der Waals surface area contributed by atoms with Gasteiger partial charge in [-0.15, -0.1) is 11.3 Å². The molecule has 0 aliphatic carbocycles. The first-order valence-electron chi connectivity index (χ1n) is 9.15. The van der Waals surface area contributed by atoms with Crippen LogP contribution in [0, 0.1) is 11.3 Å². The first-order chi connectivity index (χ1) is 13.2. The summed E-state index contributed by atoms with van der Waals surface area (Å²) in [5, 5.41) is 14.3. The molecule has 7 heteroatoms. The van der Waals surface area contributed by atoms with E-state index in [0.29, 0.717) is 42.8 Å². The van der Waals surface area contributed by atoms with Crippen molar-refractivity contribution in [2.24, 2.45) is 0 Å². The van der Waals surface area contributed by atoms with Gasteiger partial charge in [0.2, 0.25) is 5.91 Å². The van der Waals surface area contributed by atoms with Gasteiger partial charge >= 0.3 is 0 Å². The topological polar surface area (TPSA) is 74.6 Å². The van der Waals surface area contributed by atoms with Crippen LogP contribution in [-0.2, 0) is 4.79 Å². The van der Waals surface area contributed by atoms with E-state index in [1.54, 1.807) is 6.07 Å².